The molecule has 1 N–H and O–H groups in total. The Bertz CT molecular complexity index is 125. The maximum absolute atomic E-state index is 10.8. The first kappa shape index (κ1) is 7.54. The summed E-state index contributed by atoms with van der Waals surface area (Å²) in [5.74, 6) is 0.163. The topological polar surface area (TPSA) is 32.3 Å². The normalized spacial score (nSPS) is 21.9. The number of carbonyl (C=O) groups excluding carboxylic acids is 1. The Morgan fingerprint density at radius 3 is 3.10 bits per heavy atom. The Morgan fingerprint density at radius 2 is 2.40 bits per heavy atom. The molecule has 57 valence electrons. The van der Waals surface area contributed by atoms with E-state index in [1.54, 1.807) is 0 Å². The minimum atomic E-state index is 0.163. The highest BCUT2D eigenvalue weighted by Gasteiger charge is 2.10. The molecule has 0 spiro atoms. The molecule has 3 heteroatoms. The van der Waals surface area contributed by atoms with Gasteiger partial charge in [-0.3, -0.25) is 4.79 Å². The summed E-state index contributed by atoms with van der Waals surface area (Å²) in [5, 5.41) is 2.80. The van der Waals surface area contributed by atoms with Crippen LogP contribution in [0.1, 0.15) is 6.42 Å². The number of hydrogen-bond acceptors (Lipinski definition) is 2. The third-order valence-corrected chi connectivity index (χ3v) is 1.72. The van der Waals surface area contributed by atoms with E-state index >= 15 is 0 Å². The van der Waals surface area contributed by atoms with Gasteiger partial charge in [-0.05, 0) is 13.5 Å². The molecule has 10 heavy (non-hydrogen) atoms. The Balaban J connectivity index is 2.33. The van der Waals surface area contributed by atoms with E-state index in [1.165, 1.54) is 0 Å². The number of hydrogen-bond donors (Lipinski definition) is 1. The number of nitrogens with one attached hydrogen (secondary N) is 1. The van der Waals surface area contributed by atoms with Gasteiger partial charge in [0.05, 0.1) is 0 Å². The Morgan fingerprint density at radius 1 is 1.60 bits per heavy atom. The van der Waals surface area contributed by atoms with Crippen LogP contribution < -0.4 is 5.32 Å². The van der Waals surface area contributed by atoms with Crippen LogP contribution in [-0.4, -0.2) is 37.0 Å². The van der Waals surface area contributed by atoms with Crippen LogP contribution in [0.25, 0.3) is 0 Å². The molecule has 3 nitrogen and oxygen atoms in total. The summed E-state index contributed by atoms with van der Waals surface area (Å²) >= 11 is 0. The summed E-state index contributed by atoms with van der Waals surface area (Å²) in [7, 11) is 0. The molecule has 0 aromatic heterocycles. The van der Waals surface area contributed by atoms with Crippen LogP contribution in [0.3, 0.4) is 0 Å². The van der Waals surface area contributed by atoms with Crippen molar-refractivity contribution in [2.45, 2.75) is 6.42 Å². The molecule has 1 fully saturated rings. The van der Waals surface area contributed by atoms with Gasteiger partial charge in [0.25, 0.3) is 0 Å². The smallest absolute Gasteiger partial charge is 0.221 e. The van der Waals surface area contributed by atoms with E-state index in [-0.39, 0.29) is 5.91 Å². The van der Waals surface area contributed by atoms with Crippen molar-refractivity contribution in [2.75, 3.05) is 26.2 Å². The lowest BCUT2D eigenvalue weighted by Crippen LogP contribution is -2.28. The zero-order valence-electron chi connectivity index (χ0n) is 6.10. The molecule has 1 aliphatic heterocycles. The highest BCUT2D eigenvalue weighted by atomic mass is 16.1. The van der Waals surface area contributed by atoms with Gasteiger partial charge in [-0.2, -0.15) is 0 Å². The number of nitrogens with zero attached hydrogens (tertiary/aromatic N) is 1. The first-order valence-corrected chi connectivity index (χ1v) is 3.61. The highest BCUT2D eigenvalue weighted by molar-refractivity contribution is 5.76. The molecule has 0 saturated carbocycles. The largest absolute Gasteiger partial charge is 0.355 e. The molecule has 1 saturated heterocycles. The Labute approximate surface area is 61.4 Å². The zero-order valence-corrected chi connectivity index (χ0v) is 6.10. The molecule has 0 aliphatic carbocycles. The first-order valence-electron chi connectivity index (χ1n) is 3.61. The van der Waals surface area contributed by atoms with E-state index in [4.69, 9.17) is 0 Å². The maximum atomic E-state index is 10.8. The number of rotatable bonds is 1. The average Bonchev–Trinajstić information content (AvgIpc) is 2.14. The molecular formula is C7H13N2O. The Hall–Kier alpha value is -0.570. The summed E-state index contributed by atoms with van der Waals surface area (Å²) in [4.78, 5) is 13.0. The van der Waals surface area contributed by atoms with Crippen LogP contribution in [-0.2, 0) is 4.79 Å². The zero-order chi connectivity index (χ0) is 7.40. The summed E-state index contributed by atoms with van der Waals surface area (Å²) in [6, 6.07) is 0. The van der Waals surface area contributed by atoms with E-state index in [0.717, 1.165) is 26.2 Å². The van der Waals surface area contributed by atoms with Gasteiger partial charge in [0.15, 0.2) is 0 Å². The van der Waals surface area contributed by atoms with Crippen LogP contribution in [0.15, 0.2) is 0 Å². The Kier molecular flexibility index (Phi) is 2.68. The molecule has 0 bridgehead atoms. The van der Waals surface area contributed by atoms with Gasteiger partial charge in [0.2, 0.25) is 5.91 Å². The van der Waals surface area contributed by atoms with E-state index in [9.17, 15) is 4.79 Å². The lowest BCUT2D eigenvalue weighted by Gasteiger charge is -2.14. The summed E-state index contributed by atoms with van der Waals surface area (Å²) < 4.78 is 0. The lowest BCUT2D eigenvalue weighted by molar-refractivity contribution is -0.120. The predicted octanol–water partition coefficient (Wildman–Crippen LogP) is -0.358. The molecule has 0 aromatic carbocycles. The van der Waals surface area contributed by atoms with Crippen molar-refractivity contribution in [3.05, 3.63) is 6.92 Å². The van der Waals surface area contributed by atoms with Crippen LogP contribution in [0.2, 0.25) is 0 Å². The molecule has 1 radical (unpaired) electrons. The van der Waals surface area contributed by atoms with Crippen LogP contribution in [0, 0.1) is 6.92 Å². The number of amides is 1. The van der Waals surface area contributed by atoms with Gasteiger partial charge < -0.3 is 10.2 Å². The second-order valence-electron chi connectivity index (χ2n) is 2.44. The fourth-order valence-electron chi connectivity index (χ4n) is 1.04. The summed E-state index contributed by atoms with van der Waals surface area (Å²) in [5.41, 5.74) is 0. The van der Waals surface area contributed by atoms with Crippen molar-refractivity contribution >= 4 is 5.91 Å². The van der Waals surface area contributed by atoms with Crippen LogP contribution in [0.5, 0.6) is 0 Å². The van der Waals surface area contributed by atoms with Gasteiger partial charge >= 0.3 is 0 Å². The second-order valence-corrected chi connectivity index (χ2v) is 2.44. The van der Waals surface area contributed by atoms with E-state index in [1.807, 2.05) is 0 Å². The minimum Gasteiger partial charge on any atom is -0.355 e. The first-order chi connectivity index (χ1) is 4.83. The third-order valence-electron chi connectivity index (χ3n) is 1.72. The SMILES string of the molecule is [CH2]CN1CCNC(=O)CC1. The fourth-order valence-corrected chi connectivity index (χ4v) is 1.04. The van der Waals surface area contributed by atoms with Crippen molar-refractivity contribution in [1.29, 1.82) is 0 Å². The van der Waals surface area contributed by atoms with Crippen molar-refractivity contribution in [3.8, 4) is 0 Å². The molecule has 0 unspecified atom stereocenters. The molecule has 0 aromatic rings. The quantitative estimate of drug-likeness (QED) is 0.541. The van der Waals surface area contributed by atoms with Crippen molar-refractivity contribution < 1.29 is 4.79 Å². The van der Waals surface area contributed by atoms with Crippen LogP contribution in [0.4, 0.5) is 0 Å². The van der Waals surface area contributed by atoms with Gasteiger partial charge in [-0.1, -0.05) is 0 Å². The highest BCUT2D eigenvalue weighted by Crippen LogP contribution is 1.93. The molecule has 0 atom stereocenters. The molecule has 1 heterocycles. The third kappa shape index (κ3) is 1.99. The molecule has 1 amide bonds. The number of carbonyl (C=O) groups is 1. The van der Waals surface area contributed by atoms with Gasteiger partial charge in [-0.15, -0.1) is 0 Å². The monoisotopic (exact) mass is 141 g/mol. The lowest BCUT2D eigenvalue weighted by atomic mass is 10.4. The average molecular weight is 141 g/mol. The maximum Gasteiger partial charge on any atom is 0.221 e. The fraction of sp³-hybridized carbons (Fsp3) is 0.714. The standard InChI is InChI=1S/C7H13N2O/c1-2-9-5-3-7(10)8-4-6-9/h1-6H2,(H,8,10). The minimum absolute atomic E-state index is 0.163. The molecular weight excluding hydrogens is 128 g/mol. The summed E-state index contributed by atoms with van der Waals surface area (Å²) in [6.07, 6.45) is 0.621. The second kappa shape index (κ2) is 3.56. The van der Waals surface area contributed by atoms with Gasteiger partial charge in [0, 0.05) is 26.1 Å². The van der Waals surface area contributed by atoms with Crippen molar-refractivity contribution in [2.24, 2.45) is 0 Å². The van der Waals surface area contributed by atoms with Crippen molar-refractivity contribution in [3.63, 3.8) is 0 Å². The van der Waals surface area contributed by atoms with E-state index < -0.39 is 0 Å². The summed E-state index contributed by atoms with van der Waals surface area (Å²) in [6.45, 7) is 7.13. The van der Waals surface area contributed by atoms with Crippen molar-refractivity contribution in [1.82, 2.24) is 10.2 Å². The molecule has 1 aliphatic rings. The molecule has 1 rings (SSSR count). The predicted molar refractivity (Wildman–Crippen MR) is 39.4 cm³/mol. The van der Waals surface area contributed by atoms with E-state index in [0.29, 0.717) is 6.42 Å². The van der Waals surface area contributed by atoms with E-state index in [2.05, 4.69) is 17.1 Å². The van der Waals surface area contributed by atoms with Gasteiger partial charge in [-0.25, -0.2) is 0 Å². The van der Waals surface area contributed by atoms with Crippen LogP contribution >= 0.6 is 0 Å². The van der Waals surface area contributed by atoms with Gasteiger partial charge in [0.1, 0.15) is 0 Å².